The molecule has 1 aliphatic heterocycles. The van der Waals surface area contributed by atoms with Gasteiger partial charge in [0.2, 0.25) is 0 Å². The van der Waals surface area contributed by atoms with E-state index < -0.39 is 23.7 Å². The highest BCUT2D eigenvalue weighted by atomic mass is 19.1. The standard InChI is InChI=1S/C12H9FN2O3/c1-15-11(17)9(10(16)14-12(15)18)6-7-2-4-8(13)5-3-7/h2-6H,1H3,(H,14,16,18)/b9-6+. The van der Waals surface area contributed by atoms with Gasteiger partial charge in [0.1, 0.15) is 11.4 Å². The van der Waals surface area contributed by atoms with Crippen molar-refractivity contribution in [1.82, 2.24) is 10.2 Å². The molecule has 0 aliphatic carbocycles. The normalized spacial score (nSPS) is 18.2. The van der Waals surface area contributed by atoms with Crippen molar-refractivity contribution in [2.24, 2.45) is 0 Å². The largest absolute Gasteiger partial charge is 0.331 e. The fourth-order valence-electron chi connectivity index (χ4n) is 1.47. The predicted molar refractivity (Wildman–Crippen MR) is 60.7 cm³/mol. The number of imide groups is 2. The third-order valence-corrected chi connectivity index (χ3v) is 2.49. The summed E-state index contributed by atoms with van der Waals surface area (Å²) in [5, 5.41) is 2.03. The number of rotatable bonds is 1. The smallest absolute Gasteiger partial charge is 0.273 e. The topological polar surface area (TPSA) is 66.5 Å². The first-order valence-corrected chi connectivity index (χ1v) is 5.09. The summed E-state index contributed by atoms with van der Waals surface area (Å²) in [6.45, 7) is 0. The maximum absolute atomic E-state index is 12.7. The summed E-state index contributed by atoms with van der Waals surface area (Å²) in [5.41, 5.74) is 0.335. The van der Waals surface area contributed by atoms with Gasteiger partial charge in [-0.05, 0) is 23.8 Å². The Kier molecular flexibility index (Phi) is 2.93. The Morgan fingerprint density at radius 2 is 1.78 bits per heavy atom. The van der Waals surface area contributed by atoms with Crippen molar-refractivity contribution in [3.8, 4) is 0 Å². The molecule has 6 heteroatoms. The zero-order valence-electron chi connectivity index (χ0n) is 9.44. The van der Waals surface area contributed by atoms with E-state index in [1.807, 2.05) is 5.32 Å². The third-order valence-electron chi connectivity index (χ3n) is 2.49. The molecule has 1 saturated heterocycles. The Balaban J connectivity index is 2.37. The van der Waals surface area contributed by atoms with Crippen LogP contribution >= 0.6 is 0 Å². The number of urea groups is 1. The van der Waals surface area contributed by atoms with Crippen molar-refractivity contribution >= 4 is 23.9 Å². The Morgan fingerprint density at radius 3 is 2.39 bits per heavy atom. The maximum Gasteiger partial charge on any atom is 0.331 e. The summed E-state index contributed by atoms with van der Waals surface area (Å²) in [7, 11) is 1.27. The van der Waals surface area contributed by atoms with Crippen LogP contribution in [0.4, 0.5) is 9.18 Å². The highest BCUT2D eigenvalue weighted by Gasteiger charge is 2.32. The Hall–Kier alpha value is -2.50. The minimum Gasteiger partial charge on any atom is -0.273 e. The molecule has 2 rings (SSSR count). The van der Waals surface area contributed by atoms with E-state index in [2.05, 4.69) is 0 Å². The SMILES string of the molecule is CN1C(=O)NC(=O)/C(=C\c2ccc(F)cc2)C1=O. The number of nitrogens with zero attached hydrogens (tertiary/aromatic N) is 1. The number of carbonyl (C=O) groups excluding carboxylic acids is 3. The van der Waals surface area contributed by atoms with Crippen LogP contribution in [-0.2, 0) is 9.59 Å². The van der Waals surface area contributed by atoms with Gasteiger partial charge in [-0.3, -0.25) is 19.8 Å². The molecule has 1 aromatic carbocycles. The molecule has 0 unspecified atom stereocenters. The zero-order valence-corrected chi connectivity index (χ0v) is 9.44. The van der Waals surface area contributed by atoms with Crippen molar-refractivity contribution in [3.05, 3.63) is 41.2 Å². The molecular formula is C12H9FN2O3. The van der Waals surface area contributed by atoms with Gasteiger partial charge >= 0.3 is 6.03 Å². The van der Waals surface area contributed by atoms with Crippen LogP contribution in [0.15, 0.2) is 29.8 Å². The lowest BCUT2D eigenvalue weighted by molar-refractivity contribution is -0.129. The van der Waals surface area contributed by atoms with Crippen LogP contribution < -0.4 is 5.32 Å². The molecule has 18 heavy (non-hydrogen) atoms. The predicted octanol–water partition coefficient (Wildman–Crippen LogP) is 0.917. The summed E-state index contributed by atoms with van der Waals surface area (Å²) in [5.74, 6) is -1.86. The van der Waals surface area contributed by atoms with Gasteiger partial charge in [-0.15, -0.1) is 0 Å². The van der Waals surface area contributed by atoms with E-state index in [-0.39, 0.29) is 5.57 Å². The lowest BCUT2D eigenvalue weighted by Gasteiger charge is -2.22. The molecule has 1 N–H and O–H groups in total. The Morgan fingerprint density at radius 1 is 1.17 bits per heavy atom. The fraction of sp³-hybridized carbons (Fsp3) is 0.0833. The lowest BCUT2D eigenvalue weighted by Crippen LogP contribution is -2.52. The number of amides is 4. The van der Waals surface area contributed by atoms with E-state index in [0.717, 1.165) is 4.90 Å². The highest BCUT2D eigenvalue weighted by Crippen LogP contribution is 2.13. The van der Waals surface area contributed by atoms with Crippen molar-refractivity contribution in [2.75, 3.05) is 7.05 Å². The number of likely N-dealkylation sites (N-methyl/N-ethyl adjacent to an activating group) is 1. The van der Waals surface area contributed by atoms with Crippen LogP contribution in [0.3, 0.4) is 0 Å². The lowest BCUT2D eigenvalue weighted by atomic mass is 10.1. The van der Waals surface area contributed by atoms with Crippen LogP contribution in [0.1, 0.15) is 5.56 Å². The number of barbiturate groups is 1. The highest BCUT2D eigenvalue weighted by molar-refractivity contribution is 6.30. The van der Waals surface area contributed by atoms with Gasteiger partial charge in [0.25, 0.3) is 11.8 Å². The van der Waals surface area contributed by atoms with E-state index in [0.29, 0.717) is 5.56 Å². The number of benzene rings is 1. The van der Waals surface area contributed by atoms with E-state index in [1.54, 1.807) is 0 Å². The summed E-state index contributed by atoms with van der Waals surface area (Å²) in [6, 6.07) is 4.53. The molecule has 1 aromatic rings. The number of hydrogen-bond acceptors (Lipinski definition) is 3. The third kappa shape index (κ3) is 2.13. The van der Waals surface area contributed by atoms with Crippen molar-refractivity contribution in [3.63, 3.8) is 0 Å². The van der Waals surface area contributed by atoms with Gasteiger partial charge in [-0.2, -0.15) is 0 Å². The van der Waals surface area contributed by atoms with Crippen LogP contribution in [0.5, 0.6) is 0 Å². The first-order valence-electron chi connectivity index (χ1n) is 5.09. The molecule has 1 heterocycles. The van der Waals surface area contributed by atoms with Gasteiger partial charge in [-0.1, -0.05) is 12.1 Å². The molecule has 0 atom stereocenters. The van der Waals surface area contributed by atoms with Gasteiger partial charge in [0, 0.05) is 7.05 Å². The van der Waals surface area contributed by atoms with Gasteiger partial charge in [0.05, 0.1) is 0 Å². The number of carbonyl (C=O) groups is 3. The van der Waals surface area contributed by atoms with Crippen LogP contribution in [0, 0.1) is 5.82 Å². The number of hydrogen-bond donors (Lipinski definition) is 1. The second-order valence-electron chi connectivity index (χ2n) is 3.73. The molecular weight excluding hydrogens is 239 g/mol. The minimum absolute atomic E-state index is 0.163. The molecule has 0 aromatic heterocycles. The Labute approximate surface area is 102 Å². The molecule has 0 radical (unpaired) electrons. The Bertz CT molecular complexity index is 563. The molecule has 0 spiro atoms. The van der Waals surface area contributed by atoms with Crippen molar-refractivity contribution in [1.29, 1.82) is 0 Å². The van der Waals surface area contributed by atoms with E-state index in [9.17, 15) is 18.8 Å². The molecule has 0 saturated carbocycles. The maximum atomic E-state index is 12.7. The molecule has 5 nitrogen and oxygen atoms in total. The minimum atomic E-state index is -0.763. The van der Waals surface area contributed by atoms with Gasteiger partial charge in [-0.25, -0.2) is 9.18 Å². The molecule has 1 fully saturated rings. The van der Waals surface area contributed by atoms with Crippen LogP contribution in [-0.4, -0.2) is 29.8 Å². The average Bonchev–Trinajstić information content (AvgIpc) is 2.34. The quantitative estimate of drug-likeness (QED) is 0.593. The summed E-state index contributed by atoms with van der Waals surface area (Å²) < 4.78 is 12.7. The summed E-state index contributed by atoms with van der Waals surface area (Å²) >= 11 is 0. The fourth-order valence-corrected chi connectivity index (χ4v) is 1.47. The molecule has 92 valence electrons. The van der Waals surface area contributed by atoms with E-state index >= 15 is 0 Å². The first kappa shape index (κ1) is 12.0. The van der Waals surface area contributed by atoms with Crippen molar-refractivity contribution in [2.45, 2.75) is 0 Å². The second kappa shape index (κ2) is 4.40. The van der Waals surface area contributed by atoms with Crippen LogP contribution in [0.25, 0.3) is 6.08 Å². The number of nitrogens with one attached hydrogen (secondary N) is 1. The van der Waals surface area contributed by atoms with Crippen molar-refractivity contribution < 1.29 is 18.8 Å². The van der Waals surface area contributed by atoms with E-state index in [4.69, 9.17) is 0 Å². The van der Waals surface area contributed by atoms with Gasteiger partial charge in [0.15, 0.2) is 0 Å². The molecule has 0 bridgehead atoms. The summed E-state index contributed by atoms with van der Waals surface area (Å²) in [4.78, 5) is 35.2. The second-order valence-corrected chi connectivity index (χ2v) is 3.73. The zero-order chi connectivity index (χ0) is 13.3. The monoisotopic (exact) mass is 248 g/mol. The number of halogens is 1. The molecule has 1 aliphatic rings. The average molecular weight is 248 g/mol. The van der Waals surface area contributed by atoms with Crippen LogP contribution in [0.2, 0.25) is 0 Å². The molecule has 4 amide bonds. The van der Waals surface area contributed by atoms with E-state index in [1.165, 1.54) is 37.4 Å². The van der Waals surface area contributed by atoms with Gasteiger partial charge < -0.3 is 0 Å². The first-order chi connectivity index (χ1) is 8.49. The summed E-state index contributed by atoms with van der Waals surface area (Å²) in [6.07, 6.45) is 1.31.